The first-order chi connectivity index (χ1) is 9.28. The zero-order valence-corrected chi connectivity index (χ0v) is 14.2. The van der Waals surface area contributed by atoms with Crippen LogP contribution >= 0.6 is 0 Å². The smallest absolute Gasteiger partial charge is 0.153 e. The van der Waals surface area contributed by atoms with Gasteiger partial charge in [0.2, 0.25) is 0 Å². The number of nitrogens with zero attached hydrogens (tertiary/aromatic N) is 1. The van der Waals surface area contributed by atoms with Crippen LogP contribution in [0.1, 0.15) is 47.0 Å². The van der Waals surface area contributed by atoms with Gasteiger partial charge in [0.15, 0.2) is 9.84 Å². The van der Waals surface area contributed by atoms with E-state index in [1.807, 2.05) is 0 Å². The number of sulfone groups is 1. The largest absolute Gasteiger partial charge is 0.308 e. The predicted octanol–water partition coefficient (Wildman–Crippen LogP) is 1.66. The van der Waals surface area contributed by atoms with Gasteiger partial charge in [-0.05, 0) is 46.0 Å². The number of piperazine rings is 1. The molecule has 1 aliphatic carbocycles. The van der Waals surface area contributed by atoms with Gasteiger partial charge in [-0.25, -0.2) is 8.42 Å². The number of hydrogen-bond donors (Lipinski definition) is 1. The van der Waals surface area contributed by atoms with Gasteiger partial charge in [-0.15, -0.1) is 0 Å². The zero-order chi connectivity index (χ0) is 15.0. The molecule has 5 heteroatoms. The molecule has 1 saturated carbocycles. The Morgan fingerprint density at radius 3 is 2.50 bits per heavy atom. The second-order valence-corrected chi connectivity index (χ2v) is 9.70. The summed E-state index contributed by atoms with van der Waals surface area (Å²) in [6.07, 6.45) is 3.71. The van der Waals surface area contributed by atoms with Crippen LogP contribution in [-0.2, 0) is 9.84 Å². The molecule has 0 radical (unpaired) electrons. The van der Waals surface area contributed by atoms with E-state index in [1.165, 1.54) is 12.8 Å². The molecule has 118 valence electrons. The third kappa shape index (κ3) is 3.55. The molecule has 0 bridgehead atoms. The minimum atomic E-state index is -2.93. The summed E-state index contributed by atoms with van der Waals surface area (Å²) in [4.78, 5) is 2.41. The molecule has 0 aromatic heterocycles. The summed E-state index contributed by atoms with van der Waals surface area (Å²) in [5, 5.41) is 3.45. The van der Waals surface area contributed by atoms with Crippen molar-refractivity contribution in [1.82, 2.24) is 10.2 Å². The van der Waals surface area contributed by atoms with Gasteiger partial charge in [0.05, 0.1) is 11.0 Å². The second kappa shape index (κ2) is 5.93. The molecule has 4 nitrogen and oxygen atoms in total. The summed E-state index contributed by atoms with van der Waals surface area (Å²) in [6, 6.07) is 0.476. The Bertz CT molecular complexity index is 431. The molecule has 2 atom stereocenters. The standard InChI is InChI=1S/C15H30N2O2S/c1-5-14-10-16-15(4,13-6-7-13)11-17(14)8-9-20(18,19)12(2)3/h12-14,16H,5-11H2,1-4H3. The van der Waals surface area contributed by atoms with Gasteiger partial charge in [0.25, 0.3) is 0 Å². The van der Waals surface area contributed by atoms with E-state index in [-0.39, 0.29) is 10.8 Å². The molecule has 1 N–H and O–H groups in total. The fourth-order valence-corrected chi connectivity index (χ4v) is 4.19. The molecule has 2 fully saturated rings. The summed E-state index contributed by atoms with van der Waals surface area (Å²) in [7, 11) is -2.93. The van der Waals surface area contributed by atoms with Crippen molar-refractivity contribution in [3.05, 3.63) is 0 Å². The first-order valence-electron chi connectivity index (χ1n) is 7.99. The Morgan fingerprint density at radius 2 is 2.00 bits per heavy atom. The second-order valence-electron chi connectivity index (χ2n) is 7.02. The maximum absolute atomic E-state index is 12.0. The molecule has 20 heavy (non-hydrogen) atoms. The summed E-state index contributed by atoms with van der Waals surface area (Å²) >= 11 is 0. The van der Waals surface area contributed by atoms with E-state index in [2.05, 4.69) is 24.1 Å². The summed E-state index contributed by atoms with van der Waals surface area (Å²) in [6.45, 7) is 10.7. The van der Waals surface area contributed by atoms with Crippen molar-refractivity contribution < 1.29 is 8.42 Å². The van der Waals surface area contributed by atoms with Crippen LogP contribution in [-0.4, -0.2) is 55.5 Å². The molecule has 2 unspecified atom stereocenters. The quantitative estimate of drug-likeness (QED) is 0.811. The fraction of sp³-hybridized carbons (Fsp3) is 1.00. The van der Waals surface area contributed by atoms with E-state index >= 15 is 0 Å². The van der Waals surface area contributed by atoms with Crippen LogP contribution in [0.5, 0.6) is 0 Å². The monoisotopic (exact) mass is 302 g/mol. The number of hydrogen-bond acceptors (Lipinski definition) is 4. The molecule has 0 aromatic rings. The first kappa shape index (κ1) is 16.2. The van der Waals surface area contributed by atoms with Gasteiger partial charge >= 0.3 is 0 Å². The average molecular weight is 302 g/mol. The fourth-order valence-electron chi connectivity index (χ4n) is 3.23. The molecule has 2 aliphatic rings. The highest BCUT2D eigenvalue weighted by Crippen LogP contribution is 2.41. The molecule has 2 rings (SSSR count). The lowest BCUT2D eigenvalue weighted by atomic mass is 9.90. The predicted molar refractivity (Wildman–Crippen MR) is 83.7 cm³/mol. The van der Waals surface area contributed by atoms with Gasteiger partial charge < -0.3 is 5.32 Å². The third-order valence-corrected chi connectivity index (χ3v) is 7.31. The van der Waals surface area contributed by atoms with E-state index in [0.29, 0.717) is 18.3 Å². The van der Waals surface area contributed by atoms with Crippen molar-refractivity contribution in [2.24, 2.45) is 5.92 Å². The van der Waals surface area contributed by atoms with Crippen LogP contribution in [0.25, 0.3) is 0 Å². The Labute approximate surface area is 124 Å². The maximum Gasteiger partial charge on any atom is 0.153 e. The lowest BCUT2D eigenvalue weighted by molar-refractivity contribution is 0.0784. The third-order valence-electron chi connectivity index (χ3n) is 5.12. The Morgan fingerprint density at radius 1 is 1.35 bits per heavy atom. The van der Waals surface area contributed by atoms with Crippen molar-refractivity contribution >= 4 is 9.84 Å². The summed E-state index contributed by atoms with van der Waals surface area (Å²) in [5.74, 6) is 1.08. The Kier molecular flexibility index (Phi) is 4.82. The lowest BCUT2D eigenvalue weighted by Gasteiger charge is -2.46. The molecule has 0 amide bonds. The molecular formula is C15H30N2O2S. The van der Waals surface area contributed by atoms with Crippen LogP contribution in [0, 0.1) is 5.92 Å². The number of rotatable bonds is 6. The van der Waals surface area contributed by atoms with Gasteiger partial charge in [-0.1, -0.05) is 6.92 Å². The topological polar surface area (TPSA) is 49.4 Å². The molecule has 1 saturated heterocycles. The molecule has 1 aliphatic heterocycles. The number of nitrogens with one attached hydrogen (secondary N) is 1. The van der Waals surface area contributed by atoms with Crippen molar-refractivity contribution in [3.8, 4) is 0 Å². The van der Waals surface area contributed by atoms with Gasteiger partial charge in [-0.3, -0.25) is 4.90 Å². The van der Waals surface area contributed by atoms with Crippen molar-refractivity contribution in [3.63, 3.8) is 0 Å². The summed E-state index contributed by atoms with van der Waals surface area (Å²) in [5.41, 5.74) is 0.188. The zero-order valence-electron chi connectivity index (χ0n) is 13.4. The van der Waals surface area contributed by atoms with E-state index < -0.39 is 9.84 Å². The highest BCUT2D eigenvalue weighted by molar-refractivity contribution is 7.92. The maximum atomic E-state index is 12.0. The van der Waals surface area contributed by atoms with Gasteiger partial charge in [-0.2, -0.15) is 0 Å². The highest BCUT2D eigenvalue weighted by atomic mass is 32.2. The van der Waals surface area contributed by atoms with Crippen LogP contribution < -0.4 is 5.32 Å². The van der Waals surface area contributed by atoms with Crippen molar-refractivity contribution in [2.75, 3.05) is 25.4 Å². The molecule has 0 aromatic carbocycles. The highest BCUT2D eigenvalue weighted by Gasteiger charge is 2.45. The van der Waals surface area contributed by atoms with Crippen LogP contribution in [0.3, 0.4) is 0 Å². The van der Waals surface area contributed by atoms with Gasteiger partial charge in [0, 0.05) is 31.2 Å². The molecular weight excluding hydrogens is 272 g/mol. The Hall–Kier alpha value is -0.130. The minimum absolute atomic E-state index is 0.188. The Balaban J connectivity index is 1.99. The normalized spacial score (nSPS) is 32.8. The van der Waals surface area contributed by atoms with Gasteiger partial charge in [0.1, 0.15) is 0 Å². The van der Waals surface area contributed by atoms with Crippen molar-refractivity contribution in [1.29, 1.82) is 0 Å². The van der Waals surface area contributed by atoms with E-state index in [1.54, 1.807) is 13.8 Å². The first-order valence-corrected chi connectivity index (χ1v) is 9.70. The lowest BCUT2D eigenvalue weighted by Crippen LogP contribution is -2.64. The van der Waals surface area contributed by atoms with Crippen LogP contribution in [0.2, 0.25) is 0 Å². The SMILES string of the molecule is CCC1CNC(C)(C2CC2)CN1CCS(=O)(=O)C(C)C. The van der Waals surface area contributed by atoms with Crippen molar-refractivity contribution in [2.45, 2.75) is 63.8 Å². The van der Waals surface area contributed by atoms with Crippen LogP contribution in [0.4, 0.5) is 0 Å². The molecule has 0 spiro atoms. The van der Waals surface area contributed by atoms with Crippen LogP contribution in [0.15, 0.2) is 0 Å². The minimum Gasteiger partial charge on any atom is -0.308 e. The molecule has 1 heterocycles. The van der Waals surface area contributed by atoms with E-state index in [4.69, 9.17) is 0 Å². The van der Waals surface area contributed by atoms with E-state index in [0.717, 1.165) is 25.4 Å². The van der Waals surface area contributed by atoms with E-state index in [9.17, 15) is 8.42 Å². The average Bonchev–Trinajstić information content (AvgIpc) is 3.21. The summed E-state index contributed by atoms with van der Waals surface area (Å²) < 4.78 is 24.1.